The number of amides is 3. The highest BCUT2D eigenvalue weighted by atomic mass is 35.5. The van der Waals surface area contributed by atoms with Crippen molar-refractivity contribution in [2.45, 2.75) is 12.1 Å². The third-order valence-corrected chi connectivity index (χ3v) is 4.84. The Hall–Kier alpha value is -2.97. The van der Waals surface area contributed by atoms with Crippen molar-refractivity contribution in [1.29, 1.82) is 0 Å². The van der Waals surface area contributed by atoms with Gasteiger partial charge in [-0.2, -0.15) is 5.11 Å². The number of carbonyl (C=O) groups is 3. The SMILES string of the molecule is O=C(CN1N=N[C@@H]2C(=O)N(c3ccc(Cl)cc3)C(=O)[C@H]21)Nc1cccc(Cl)c1. The molecule has 0 radical (unpaired) electrons. The molecule has 8 nitrogen and oxygen atoms in total. The molecular weight excluding hydrogens is 405 g/mol. The molecule has 0 aliphatic carbocycles. The van der Waals surface area contributed by atoms with Gasteiger partial charge in [0.25, 0.3) is 11.8 Å². The molecular formula is C18H13Cl2N5O3. The summed E-state index contributed by atoms with van der Waals surface area (Å²) in [5.74, 6) is -1.39. The Balaban J connectivity index is 1.48. The third kappa shape index (κ3) is 3.32. The highest BCUT2D eigenvalue weighted by Crippen LogP contribution is 2.32. The van der Waals surface area contributed by atoms with E-state index < -0.39 is 29.8 Å². The molecule has 2 aromatic rings. The number of benzene rings is 2. The molecule has 4 rings (SSSR count). The van der Waals surface area contributed by atoms with E-state index >= 15 is 0 Å². The lowest BCUT2D eigenvalue weighted by Crippen LogP contribution is -2.43. The maximum absolute atomic E-state index is 12.8. The number of imide groups is 1. The predicted molar refractivity (Wildman–Crippen MR) is 103 cm³/mol. The average molecular weight is 418 g/mol. The zero-order chi connectivity index (χ0) is 19.8. The van der Waals surface area contributed by atoms with Gasteiger partial charge in [0.2, 0.25) is 5.91 Å². The van der Waals surface area contributed by atoms with Crippen molar-refractivity contribution in [2.75, 3.05) is 16.8 Å². The Kier molecular flexibility index (Phi) is 4.74. The van der Waals surface area contributed by atoms with E-state index in [1.54, 1.807) is 48.5 Å². The van der Waals surface area contributed by atoms with Crippen LogP contribution in [0.1, 0.15) is 0 Å². The molecule has 3 amide bonds. The van der Waals surface area contributed by atoms with Crippen molar-refractivity contribution in [3.05, 3.63) is 58.6 Å². The van der Waals surface area contributed by atoms with Crippen molar-refractivity contribution in [2.24, 2.45) is 10.3 Å². The maximum Gasteiger partial charge on any atom is 0.263 e. The van der Waals surface area contributed by atoms with E-state index in [4.69, 9.17) is 23.2 Å². The second-order valence-electron chi connectivity index (χ2n) is 6.24. The van der Waals surface area contributed by atoms with Gasteiger partial charge in [-0.3, -0.25) is 19.4 Å². The van der Waals surface area contributed by atoms with Gasteiger partial charge in [0, 0.05) is 15.7 Å². The fraction of sp³-hybridized carbons (Fsp3) is 0.167. The fourth-order valence-corrected chi connectivity index (χ4v) is 3.43. The van der Waals surface area contributed by atoms with E-state index in [0.717, 1.165) is 4.90 Å². The van der Waals surface area contributed by atoms with Crippen molar-refractivity contribution in [3.8, 4) is 0 Å². The minimum Gasteiger partial charge on any atom is -0.324 e. The van der Waals surface area contributed by atoms with Gasteiger partial charge in [0.1, 0.15) is 6.54 Å². The van der Waals surface area contributed by atoms with Gasteiger partial charge in [-0.1, -0.05) is 34.5 Å². The van der Waals surface area contributed by atoms with Crippen molar-refractivity contribution >= 4 is 52.3 Å². The van der Waals surface area contributed by atoms with E-state index in [2.05, 4.69) is 15.7 Å². The number of rotatable bonds is 4. The zero-order valence-corrected chi connectivity index (χ0v) is 15.8. The fourth-order valence-electron chi connectivity index (χ4n) is 3.11. The van der Waals surface area contributed by atoms with Crippen LogP contribution in [0.15, 0.2) is 58.9 Å². The summed E-state index contributed by atoms with van der Waals surface area (Å²) in [5.41, 5.74) is 0.911. The molecule has 0 saturated carbocycles. The quantitative estimate of drug-likeness (QED) is 0.773. The van der Waals surface area contributed by atoms with Crippen LogP contribution in [-0.4, -0.2) is 41.4 Å². The first-order valence-electron chi connectivity index (χ1n) is 8.30. The highest BCUT2D eigenvalue weighted by molar-refractivity contribution is 6.31. The van der Waals surface area contributed by atoms with Crippen LogP contribution in [0.5, 0.6) is 0 Å². The predicted octanol–water partition coefficient (Wildman–Crippen LogP) is 2.93. The number of anilines is 2. The Morgan fingerprint density at radius 1 is 1.04 bits per heavy atom. The molecule has 0 unspecified atom stereocenters. The minimum absolute atomic E-state index is 0.231. The number of carbonyl (C=O) groups excluding carboxylic acids is 3. The largest absolute Gasteiger partial charge is 0.324 e. The van der Waals surface area contributed by atoms with Gasteiger partial charge < -0.3 is 5.32 Å². The summed E-state index contributed by atoms with van der Waals surface area (Å²) in [5, 5.41) is 12.6. The zero-order valence-electron chi connectivity index (χ0n) is 14.3. The van der Waals surface area contributed by atoms with Crippen LogP contribution in [0.4, 0.5) is 11.4 Å². The molecule has 28 heavy (non-hydrogen) atoms. The van der Waals surface area contributed by atoms with Crippen molar-refractivity contribution in [1.82, 2.24) is 5.01 Å². The summed E-state index contributed by atoms with van der Waals surface area (Å²) in [6.07, 6.45) is 0. The van der Waals surface area contributed by atoms with Crippen LogP contribution in [0.2, 0.25) is 10.0 Å². The lowest BCUT2D eigenvalue weighted by atomic mass is 10.1. The molecule has 0 aromatic heterocycles. The molecule has 142 valence electrons. The second-order valence-corrected chi connectivity index (χ2v) is 7.11. The van der Waals surface area contributed by atoms with Crippen LogP contribution in [0.25, 0.3) is 0 Å². The van der Waals surface area contributed by atoms with E-state index in [0.29, 0.717) is 21.4 Å². The van der Waals surface area contributed by atoms with Gasteiger partial charge in [-0.25, -0.2) is 4.90 Å². The average Bonchev–Trinajstić information content (AvgIpc) is 3.16. The third-order valence-electron chi connectivity index (χ3n) is 4.36. The van der Waals surface area contributed by atoms with E-state index in [-0.39, 0.29) is 6.54 Å². The van der Waals surface area contributed by atoms with Gasteiger partial charge in [-0.15, -0.1) is 0 Å². The molecule has 2 aliphatic rings. The van der Waals surface area contributed by atoms with Crippen LogP contribution in [0.3, 0.4) is 0 Å². The van der Waals surface area contributed by atoms with Crippen molar-refractivity contribution < 1.29 is 14.4 Å². The second kappa shape index (κ2) is 7.21. The summed E-state index contributed by atoms with van der Waals surface area (Å²) in [6, 6.07) is 11.1. The maximum atomic E-state index is 12.8. The van der Waals surface area contributed by atoms with E-state index in [9.17, 15) is 14.4 Å². The van der Waals surface area contributed by atoms with E-state index in [1.807, 2.05) is 0 Å². The summed E-state index contributed by atoms with van der Waals surface area (Å²) >= 11 is 11.8. The molecule has 1 fully saturated rings. The summed E-state index contributed by atoms with van der Waals surface area (Å²) in [7, 11) is 0. The number of hydrogen-bond acceptors (Lipinski definition) is 6. The topological polar surface area (TPSA) is 94.4 Å². The number of nitrogens with zero attached hydrogens (tertiary/aromatic N) is 4. The lowest BCUT2D eigenvalue weighted by Gasteiger charge is -2.20. The van der Waals surface area contributed by atoms with Gasteiger partial charge in [0.15, 0.2) is 12.1 Å². The smallest absolute Gasteiger partial charge is 0.263 e. The number of halogens is 2. The van der Waals surface area contributed by atoms with Gasteiger partial charge in [0.05, 0.1) is 5.69 Å². The Bertz CT molecular complexity index is 995. The molecule has 2 atom stereocenters. The molecule has 0 spiro atoms. The van der Waals surface area contributed by atoms with Gasteiger partial charge in [-0.05, 0) is 42.5 Å². The Labute approximate surface area is 169 Å². The first-order valence-corrected chi connectivity index (χ1v) is 9.06. The Morgan fingerprint density at radius 2 is 1.79 bits per heavy atom. The molecule has 10 heteroatoms. The van der Waals surface area contributed by atoms with Crippen LogP contribution < -0.4 is 10.2 Å². The molecule has 1 saturated heterocycles. The first kappa shape index (κ1) is 18.4. The molecule has 0 bridgehead atoms. The summed E-state index contributed by atoms with van der Waals surface area (Å²) in [4.78, 5) is 38.8. The number of nitrogens with one attached hydrogen (secondary N) is 1. The first-order chi connectivity index (χ1) is 13.4. The van der Waals surface area contributed by atoms with Crippen LogP contribution >= 0.6 is 23.2 Å². The highest BCUT2D eigenvalue weighted by Gasteiger charge is 2.55. The van der Waals surface area contributed by atoms with Crippen LogP contribution in [-0.2, 0) is 14.4 Å². The summed E-state index contributed by atoms with van der Waals surface area (Å²) < 4.78 is 0. The number of hydrogen-bond donors (Lipinski definition) is 1. The standard InChI is InChI=1S/C18H13Cl2N5O3/c19-10-4-6-13(7-5-10)25-17(27)15-16(18(25)28)24(23-22-15)9-14(26)21-12-3-1-2-11(20)8-12/h1-8,15-16H,9H2,(H,21,26)/t15-,16-/m0/s1. The number of fused-ring (bicyclic) bond motifs is 1. The summed E-state index contributed by atoms with van der Waals surface area (Å²) in [6.45, 7) is -0.231. The Morgan fingerprint density at radius 3 is 2.50 bits per heavy atom. The minimum atomic E-state index is -0.970. The molecule has 1 N–H and O–H groups in total. The monoisotopic (exact) mass is 417 g/mol. The van der Waals surface area contributed by atoms with Crippen molar-refractivity contribution in [3.63, 3.8) is 0 Å². The molecule has 2 aliphatic heterocycles. The molecule has 2 heterocycles. The van der Waals surface area contributed by atoms with Crippen LogP contribution in [0, 0.1) is 0 Å². The normalized spacial score (nSPS) is 20.6. The van der Waals surface area contributed by atoms with Gasteiger partial charge >= 0.3 is 0 Å². The van der Waals surface area contributed by atoms with E-state index in [1.165, 1.54) is 5.01 Å². The molecule has 2 aromatic carbocycles. The lowest BCUT2D eigenvalue weighted by molar-refractivity contribution is -0.123.